The van der Waals surface area contributed by atoms with Crippen LogP contribution in [0.2, 0.25) is 0 Å². The highest BCUT2D eigenvalue weighted by Gasteiger charge is 2.04. The second kappa shape index (κ2) is 9.08. The van der Waals surface area contributed by atoms with Gasteiger partial charge >= 0.3 is 6.03 Å². The maximum atomic E-state index is 11.4. The molecule has 17 heavy (non-hydrogen) atoms. The first kappa shape index (κ1) is 14.1. The zero-order chi connectivity index (χ0) is 12.3. The van der Waals surface area contributed by atoms with E-state index in [0.29, 0.717) is 0 Å². The first-order valence-electron chi connectivity index (χ1n) is 7.02. The molecular weight excluding hydrogens is 212 g/mol. The van der Waals surface area contributed by atoms with E-state index in [4.69, 9.17) is 0 Å². The number of rotatable bonds is 7. The van der Waals surface area contributed by atoms with Crippen LogP contribution in [0.1, 0.15) is 58.3 Å². The van der Waals surface area contributed by atoms with Crippen molar-refractivity contribution in [2.45, 2.75) is 58.3 Å². The summed E-state index contributed by atoms with van der Waals surface area (Å²) in [6.07, 6.45) is 11.9. The number of carbonyl (C=O) groups is 1. The standard InChI is InChI=1S/C14H26N2O/c1-2-3-7-11-15-14(17)16-12-10-13-8-5-4-6-9-13/h8H,2-7,9-12H2,1H3,(H2,15,16,17). The first-order chi connectivity index (χ1) is 8.33. The van der Waals surface area contributed by atoms with Gasteiger partial charge in [0, 0.05) is 13.1 Å². The molecule has 2 amide bonds. The van der Waals surface area contributed by atoms with E-state index < -0.39 is 0 Å². The highest BCUT2D eigenvalue weighted by Crippen LogP contribution is 2.19. The molecule has 0 atom stereocenters. The molecule has 0 saturated carbocycles. The van der Waals surface area contributed by atoms with Crippen LogP contribution in [0, 0.1) is 0 Å². The second-order valence-corrected chi connectivity index (χ2v) is 4.75. The normalized spacial score (nSPS) is 15.2. The SMILES string of the molecule is CCCCCNC(=O)NCCC1=CCCCC1. The molecule has 1 aliphatic rings. The minimum Gasteiger partial charge on any atom is -0.338 e. The third kappa shape index (κ3) is 7.03. The molecule has 0 fully saturated rings. The minimum absolute atomic E-state index is 0.0162. The van der Waals surface area contributed by atoms with Crippen LogP contribution in [0.15, 0.2) is 11.6 Å². The van der Waals surface area contributed by atoms with Crippen molar-refractivity contribution in [1.29, 1.82) is 0 Å². The van der Waals surface area contributed by atoms with Crippen LogP contribution in [-0.2, 0) is 0 Å². The fraction of sp³-hybridized carbons (Fsp3) is 0.786. The highest BCUT2D eigenvalue weighted by atomic mass is 16.2. The van der Waals surface area contributed by atoms with E-state index in [1.165, 1.54) is 44.1 Å². The lowest BCUT2D eigenvalue weighted by Gasteiger charge is -2.13. The number of allylic oxidation sites excluding steroid dienone is 1. The number of urea groups is 1. The van der Waals surface area contributed by atoms with E-state index in [1.54, 1.807) is 0 Å². The fourth-order valence-electron chi connectivity index (χ4n) is 2.11. The lowest BCUT2D eigenvalue weighted by Crippen LogP contribution is -2.36. The Labute approximate surface area is 105 Å². The summed E-state index contributed by atoms with van der Waals surface area (Å²) in [5.74, 6) is 0. The number of amides is 2. The summed E-state index contributed by atoms with van der Waals surface area (Å²) in [5, 5.41) is 5.80. The number of hydrogen-bond acceptors (Lipinski definition) is 1. The van der Waals surface area contributed by atoms with Gasteiger partial charge in [-0.2, -0.15) is 0 Å². The van der Waals surface area contributed by atoms with E-state index in [1.807, 2.05) is 0 Å². The molecule has 0 bridgehead atoms. The summed E-state index contributed by atoms with van der Waals surface area (Å²) in [6.45, 7) is 3.73. The van der Waals surface area contributed by atoms with E-state index in [0.717, 1.165) is 25.9 Å². The van der Waals surface area contributed by atoms with Gasteiger partial charge in [-0.05, 0) is 38.5 Å². The van der Waals surface area contributed by atoms with Gasteiger partial charge in [0.2, 0.25) is 0 Å². The Morgan fingerprint density at radius 2 is 2.06 bits per heavy atom. The van der Waals surface area contributed by atoms with Crippen molar-refractivity contribution in [1.82, 2.24) is 10.6 Å². The van der Waals surface area contributed by atoms with E-state index >= 15 is 0 Å². The van der Waals surface area contributed by atoms with Gasteiger partial charge in [0.05, 0.1) is 0 Å². The highest BCUT2D eigenvalue weighted by molar-refractivity contribution is 5.73. The van der Waals surface area contributed by atoms with Crippen LogP contribution >= 0.6 is 0 Å². The Hall–Kier alpha value is -0.990. The summed E-state index contributed by atoms with van der Waals surface area (Å²) in [4.78, 5) is 11.4. The summed E-state index contributed by atoms with van der Waals surface area (Å²) in [6, 6.07) is -0.0162. The van der Waals surface area contributed by atoms with Crippen molar-refractivity contribution in [2.75, 3.05) is 13.1 Å². The van der Waals surface area contributed by atoms with Gasteiger partial charge in [-0.25, -0.2) is 4.79 Å². The quantitative estimate of drug-likeness (QED) is 0.518. The molecule has 0 heterocycles. The van der Waals surface area contributed by atoms with Crippen molar-refractivity contribution < 1.29 is 4.79 Å². The molecule has 2 N–H and O–H groups in total. The first-order valence-corrected chi connectivity index (χ1v) is 7.02. The molecule has 98 valence electrons. The van der Waals surface area contributed by atoms with Crippen molar-refractivity contribution in [2.24, 2.45) is 0 Å². The maximum absolute atomic E-state index is 11.4. The predicted octanol–water partition coefficient (Wildman–Crippen LogP) is 3.37. The molecular formula is C14H26N2O. The third-order valence-corrected chi connectivity index (χ3v) is 3.18. The lowest BCUT2D eigenvalue weighted by molar-refractivity contribution is 0.241. The molecule has 0 radical (unpaired) electrons. The maximum Gasteiger partial charge on any atom is 0.314 e. The van der Waals surface area contributed by atoms with Crippen LogP contribution in [0.5, 0.6) is 0 Å². The monoisotopic (exact) mass is 238 g/mol. The van der Waals surface area contributed by atoms with Crippen molar-refractivity contribution in [3.8, 4) is 0 Å². The number of carbonyl (C=O) groups excluding carboxylic acids is 1. The Morgan fingerprint density at radius 1 is 1.24 bits per heavy atom. The second-order valence-electron chi connectivity index (χ2n) is 4.75. The average molecular weight is 238 g/mol. The number of nitrogens with one attached hydrogen (secondary N) is 2. The molecule has 1 aliphatic carbocycles. The van der Waals surface area contributed by atoms with Crippen LogP contribution in [0.3, 0.4) is 0 Å². The average Bonchev–Trinajstić information content (AvgIpc) is 2.36. The summed E-state index contributed by atoms with van der Waals surface area (Å²) in [7, 11) is 0. The third-order valence-electron chi connectivity index (χ3n) is 3.18. The zero-order valence-electron chi connectivity index (χ0n) is 11.1. The number of hydrogen-bond donors (Lipinski definition) is 2. The molecule has 0 saturated heterocycles. The Bertz CT molecular complexity index is 249. The lowest BCUT2D eigenvalue weighted by atomic mass is 9.97. The summed E-state index contributed by atoms with van der Waals surface area (Å²) in [5.41, 5.74) is 1.52. The molecule has 0 unspecified atom stereocenters. The molecule has 1 rings (SSSR count). The van der Waals surface area contributed by atoms with Crippen LogP contribution in [0.4, 0.5) is 4.79 Å². The Balaban J connectivity index is 1.98. The molecule has 3 nitrogen and oxygen atoms in total. The van der Waals surface area contributed by atoms with E-state index in [-0.39, 0.29) is 6.03 Å². The van der Waals surface area contributed by atoms with Gasteiger partial charge < -0.3 is 10.6 Å². The molecule has 0 aromatic carbocycles. The Morgan fingerprint density at radius 3 is 2.76 bits per heavy atom. The van der Waals surface area contributed by atoms with E-state index in [2.05, 4.69) is 23.6 Å². The zero-order valence-corrected chi connectivity index (χ0v) is 11.1. The van der Waals surface area contributed by atoms with Gasteiger partial charge in [-0.1, -0.05) is 31.4 Å². The smallest absolute Gasteiger partial charge is 0.314 e. The topological polar surface area (TPSA) is 41.1 Å². The molecule has 3 heteroatoms. The van der Waals surface area contributed by atoms with Gasteiger partial charge in [-0.15, -0.1) is 0 Å². The number of unbranched alkanes of at least 4 members (excludes halogenated alkanes) is 2. The van der Waals surface area contributed by atoms with Crippen LogP contribution in [0.25, 0.3) is 0 Å². The Kier molecular flexibility index (Phi) is 7.52. The fourth-order valence-corrected chi connectivity index (χ4v) is 2.11. The molecule has 0 aromatic heterocycles. The van der Waals surface area contributed by atoms with Crippen molar-refractivity contribution in [3.05, 3.63) is 11.6 Å². The summed E-state index contributed by atoms with van der Waals surface area (Å²) >= 11 is 0. The van der Waals surface area contributed by atoms with Gasteiger partial charge in [-0.3, -0.25) is 0 Å². The summed E-state index contributed by atoms with van der Waals surface area (Å²) < 4.78 is 0. The predicted molar refractivity (Wildman–Crippen MR) is 72.1 cm³/mol. The molecule has 0 aliphatic heterocycles. The minimum atomic E-state index is -0.0162. The molecule has 0 aromatic rings. The van der Waals surface area contributed by atoms with Crippen LogP contribution in [-0.4, -0.2) is 19.1 Å². The van der Waals surface area contributed by atoms with Crippen molar-refractivity contribution >= 4 is 6.03 Å². The van der Waals surface area contributed by atoms with Gasteiger partial charge in [0.25, 0.3) is 0 Å². The molecule has 0 spiro atoms. The van der Waals surface area contributed by atoms with E-state index in [9.17, 15) is 4.79 Å². The van der Waals surface area contributed by atoms with Gasteiger partial charge in [0.1, 0.15) is 0 Å². The van der Waals surface area contributed by atoms with Gasteiger partial charge in [0.15, 0.2) is 0 Å². The van der Waals surface area contributed by atoms with Crippen molar-refractivity contribution in [3.63, 3.8) is 0 Å². The largest absolute Gasteiger partial charge is 0.338 e. The van der Waals surface area contributed by atoms with Crippen LogP contribution < -0.4 is 10.6 Å².